The van der Waals surface area contributed by atoms with Crippen LogP contribution >= 0.6 is 12.6 Å². The van der Waals surface area contributed by atoms with Gasteiger partial charge in [0.05, 0.1) is 0 Å². The predicted octanol–water partition coefficient (Wildman–Crippen LogP) is 0.893. The van der Waals surface area contributed by atoms with Crippen molar-refractivity contribution in [3.8, 4) is 0 Å². The van der Waals surface area contributed by atoms with Gasteiger partial charge in [0, 0.05) is 6.54 Å². The summed E-state index contributed by atoms with van der Waals surface area (Å²) in [5, 5.41) is 0. The Balaban J connectivity index is 2.80. The van der Waals surface area contributed by atoms with E-state index in [-0.39, 0.29) is 18.4 Å². The quantitative estimate of drug-likeness (QED) is 0.755. The summed E-state index contributed by atoms with van der Waals surface area (Å²) in [6.07, 6.45) is 0.823. The summed E-state index contributed by atoms with van der Waals surface area (Å²) >= 11 is 4.13. The molecule has 88 valence electrons. The third-order valence-electron chi connectivity index (χ3n) is 2.94. The van der Waals surface area contributed by atoms with Gasteiger partial charge in [-0.15, -0.1) is 0 Å². The third kappa shape index (κ3) is 1.78. The Bertz CT molecular complexity index is 358. The van der Waals surface area contributed by atoms with Gasteiger partial charge < -0.3 is 0 Å². The molecule has 0 radical (unpaired) electrons. The van der Waals surface area contributed by atoms with Gasteiger partial charge in [-0.3, -0.25) is 4.79 Å². The number of thiol groups is 1. The molecular weight excluding hydrogens is 234 g/mol. The van der Waals surface area contributed by atoms with Crippen molar-refractivity contribution in [3.63, 3.8) is 0 Å². The number of amides is 1. The first-order valence-electron chi connectivity index (χ1n) is 4.96. The van der Waals surface area contributed by atoms with E-state index in [0.717, 1.165) is 10.7 Å². The number of carbonyl (C=O) groups excluding carboxylic acids is 1. The van der Waals surface area contributed by atoms with Gasteiger partial charge in [-0.05, 0) is 25.5 Å². The molecule has 0 spiro atoms. The molecule has 1 heterocycles. The highest BCUT2D eigenvalue weighted by Crippen LogP contribution is 2.35. The molecule has 1 aliphatic heterocycles. The number of sulfonamides is 1. The monoisotopic (exact) mass is 251 g/mol. The first-order chi connectivity index (χ1) is 6.79. The van der Waals surface area contributed by atoms with Gasteiger partial charge in [0.2, 0.25) is 0 Å². The second-order valence-corrected chi connectivity index (χ2v) is 7.09. The van der Waals surface area contributed by atoms with Crippen molar-refractivity contribution in [2.75, 3.05) is 12.3 Å². The molecule has 1 amide bonds. The number of hydrogen-bond acceptors (Lipinski definition) is 4. The minimum Gasteiger partial charge on any atom is -0.272 e. The van der Waals surface area contributed by atoms with Crippen molar-refractivity contribution >= 4 is 28.6 Å². The maximum atomic E-state index is 11.7. The minimum absolute atomic E-state index is 0.142. The standard InChI is InChI=1S/C9H17NO3S2/c1-4-7(6-14)5-10-8(11)9(2,3)15(10,12)13/h7,14H,4-6H2,1-3H3. The molecule has 0 aliphatic carbocycles. The molecule has 6 heteroatoms. The number of nitrogens with zero attached hydrogens (tertiary/aromatic N) is 1. The molecule has 1 unspecified atom stereocenters. The van der Waals surface area contributed by atoms with Crippen LogP contribution in [0.4, 0.5) is 0 Å². The van der Waals surface area contributed by atoms with Gasteiger partial charge >= 0.3 is 0 Å². The van der Waals surface area contributed by atoms with E-state index in [0.29, 0.717) is 5.75 Å². The minimum atomic E-state index is -3.42. The Morgan fingerprint density at radius 1 is 1.47 bits per heavy atom. The fourth-order valence-corrected chi connectivity index (χ4v) is 3.46. The largest absolute Gasteiger partial charge is 0.272 e. The number of carbonyl (C=O) groups is 1. The van der Waals surface area contributed by atoms with Crippen molar-refractivity contribution in [2.24, 2.45) is 5.92 Å². The lowest BCUT2D eigenvalue weighted by molar-refractivity contribution is -0.132. The molecule has 1 aliphatic rings. The van der Waals surface area contributed by atoms with E-state index in [1.807, 2.05) is 6.92 Å². The van der Waals surface area contributed by atoms with Crippen LogP contribution < -0.4 is 0 Å². The predicted molar refractivity (Wildman–Crippen MR) is 62.3 cm³/mol. The molecule has 4 nitrogen and oxygen atoms in total. The molecule has 0 aromatic carbocycles. The second kappa shape index (κ2) is 3.97. The smallest absolute Gasteiger partial charge is 0.258 e. The van der Waals surface area contributed by atoms with Crippen LogP contribution in [-0.4, -0.2) is 35.7 Å². The highest BCUT2D eigenvalue weighted by atomic mass is 32.2. The summed E-state index contributed by atoms with van der Waals surface area (Å²) in [5.74, 6) is 0.432. The normalized spacial score (nSPS) is 24.8. The van der Waals surface area contributed by atoms with E-state index in [4.69, 9.17) is 0 Å². The molecule has 0 N–H and O–H groups in total. The van der Waals surface area contributed by atoms with Gasteiger partial charge in [-0.25, -0.2) is 12.7 Å². The summed E-state index contributed by atoms with van der Waals surface area (Å²) in [6.45, 7) is 5.12. The fraction of sp³-hybridized carbons (Fsp3) is 0.889. The van der Waals surface area contributed by atoms with Crippen LogP contribution in [0, 0.1) is 5.92 Å². The summed E-state index contributed by atoms with van der Waals surface area (Å²) in [6, 6.07) is 0. The lowest BCUT2D eigenvalue weighted by Gasteiger charge is -2.44. The molecule has 1 saturated heterocycles. The zero-order valence-electron chi connectivity index (χ0n) is 9.23. The molecule has 0 aromatic heterocycles. The lowest BCUT2D eigenvalue weighted by atomic mass is 10.1. The van der Waals surface area contributed by atoms with Crippen LogP contribution in [0.25, 0.3) is 0 Å². The number of rotatable bonds is 4. The zero-order chi connectivity index (χ0) is 11.9. The molecule has 0 saturated carbocycles. The average molecular weight is 251 g/mol. The van der Waals surface area contributed by atoms with Gasteiger partial charge in [0.25, 0.3) is 15.9 Å². The topological polar surface area (TPSA) is 54.5 Å². The van der Waals surface area contributed by atoms with Gasteiger partial charge in [0.1, 0.15) is 0 Å². The highest BCUT2D eigenvalue weighted by Gasteiger charge is 2.60. The molecule has 0 bridgehead atoms. The van der Waals surface area contributed by atoms with E-state index in [9.17, 15) is 13.2 Å². The van der Waals surface area contributed by atoms with Crippen molar-refractivity contribution in [2.45, 2.75) is 31.9 Å². The van der Waals surface area contributed by atoms with Crippen LogP contribution in [0.5, 0.6) is 0 Å². The van der Waals surface area contributed by atoms with Crippen LogP contribution in [0.2, 0.25) is 0 Å². The Morgan fingerprint density at radius 3 is 2.33 bits per heavy atom. The third-order valence-corrected chi connectivity index (χ3v) is 5.81. The first kappa shape index (κ1) is 12.8. The lowest BCUT2D eigenvalue weighted by Crippen LogP contribution is -2.67. The van der Waals surface area contributed by atoms with E-state index in [2.05, 4.69) is 12.6 Å². The molecule has 1 rings (SSSR count). The SMILES string of the molecule is CCC(CS)CN1C(=O)C(C)(C)S1(=O)=O. The molecule has 1 atom stereocenters. The summed E-state index contributed by atoms with van der Waals surface area (Å²) in [7, 11) is -3.42. The number of hydrogen-bond donors (Lipinski definition) is 1. The summed E-state index contributed by atoms with van der Waals surface area (Å²) in [4.78, 5) is 11.6. The van der Waals surface area contributed by atoms with Gasteiger partial charge in [0.15, 0.2) is 4.75 Å². The van der Waals surface area contributed by atoms with E-state index < -0.39 is 14.8 Å². The maximum Gasteiger partial charge on any atom is 0.258 e. The van der Waals surface area contributed by atoms with E-state index >= 15 is 0 Å². The molecule has 0 aromatic rings. The fourth-order valence-electron chi connectivity index (χ4n) is 1.49. The Morgan fingerprint density at radius 2 is 2.00 bits per heavy atom. The zero-order valence-corrected chi connectivity index (χ0v) is 10.9. The van der Waals surface area contributed by atoms with Crippen LogP contribution in [0.15, 0.2) is 0 Å². The maximum absolute atomic E-state index is 11.7. The second-order valence-electron chi connectivity index (χ2n) is 4.31. The molecule has 15 heavy (non-hydrogen) atoms. The summed E-state index contributed by atoms with van der Waals surface area (Å²) in [5.41, 5.74) is 0. The van der Waals surface area contributed by atoms with E-state index in [1.54, 1.807) is 0 Å². The first-order valence-corrected chi connectivity index (χ1v) is 7.03. The van der Waals surface area contributed by atoms with Crippen LogP contribution in [0.1, 0.15) is 27.2 Å². The molecule has 1 fully saturated rings. The van der Waals surface area contributed by atoms with Crippen LogP contribution in [0.3, 0.4) is 0 Å². The Kier molecular flexibility index (Phi) is 3.40. The van der Waals surface area contributed by atoms with Gasteiger partial charge in [-0.2, -0.15) is 12.6 Å². The Hall–Kier alpha value is -0.230. The molecular formula is C9H17NO3S2. The summed E-state index contributed by atoms with van der Waals surface area (Å²) < 4.78 is 23.2. The van der Waals surface area contributed by atoms with Crippen molar-refractivity contribution in [3.05, 3.63) is 0 Å². The van der Waals surface area contributed by atoms with Crippen molar-refractivity contribution in [1.82, 2.24) is 4.31 Å². The van der Waals surface area contributed by atoms with Crippen LogP contribution in [-0.2, 0) is 14.8 Å². The van der Waals surface area contributed by atoms with Gasteiger partial charge in [-0.1, -0.05) is 13.3 Å². The van der Waals surface area contributed by atoms with E-state index in [1.165, 1.54) is 13.8 Å². The highest BCUT2D eigenvalue weighted by molar-refractivity contribution is 7.94. The Labute approximate surface area is 96.5 Å². The van der Waals surface area contributed by atoms with Crippen molar-refractivity contribution in [1.29, 1.82) is 0 Å². The average Bonchev–Trinajstić information content (AvgIpc) is 2.18. The van der Waals surface area contributed by atoms with Crippen molar-refractivity contribution < 1.29 is 13.2 Å².